The molecule has 7 heteroatoms. The van der Waals surface area contributed by atoms with E-state index in [1.165, 1.54) is 6.20 Å². The lowest BCUT2D eigenvalue weighted by atomic mass is 9.96. The molecule has 7 nitrogen and oxygen atoms in total. The molecule has 0 aromatic carbocycles. The van der Waals surface area contributed by atoms with Crippen molar-refractivity contribution < 1.29 is 4.79 Å². The minimum absolute atomic E-state index is 0.186. The van der Waals surface area contributed by atoms with Crippen LogP contribution in [0.15, 0.2) is 24.5 Å². The van der Waals surface area contributed by atoms with Crippen LogP contribution in [-0.2, 0) is 5.41 Å². The van der Waals surface area contributed by atoms with Crippen LogP contribution in [0.1, 0.15) is 42.8 Å². The Morgan fingerprint density at radius 3 is 2.74 bits per heavy atom. The Bertz CT molecular complexity index is 878. The molecule has 2 N–H and O–H groups in total. The molecular weight excluding hydrogens is 292 g/mol. The zero-order chi connectivity index (χ0) is 16.6. The van der Waals surface area contributed by atoms with Crippen molar-refractivity contribution in [1.82, 2.24) is 24.9 Å². The highest BCUT2D eigenvalue weighted by molar-refractivity contribution is 6.04. The van der Waals surface area contributed by atoms with Gasteiger partial charge in [-0.25, -0.2) is 19.9 Å². The summed E-state index contributed by atoms with van der Waals surface area (Å²) in [7, 11) is 0. The first-order chi connectivity index (χ1) is 10.8. The number of hydrogen-bond acceptors (Lipinski definition) is 5. The highest BCUT2D eigenvalue weighted by atomic mass is 16.1. The first-order valence-electron chi connectivity index (χ1n) is 7.30. The third-order valence-electron chi connectivity index (χ3n) is 3.29. The second-order valence-electron chi connectivity index (χ2n) is 6.39. The van der Waals surface area contributed by atoms with E-state index in [4.69, 9.17) is 0 Å². The van der Waals surface area contributed by atoms with Crippen molar-refractivity contribution in [2.45, 2.75) is 33.1 Å². The molecular formula is C16H18N6O. The summed E-state index contributed by atoms with van der Waals surface area (Å²) in [6, 6.07) is 3.39. The largest absolute Gasteiger partial charge is 0.341 e. The first-order valence-corrected chi connectivity index (χ1v) is 7.30. The Balaban J connectivity index is 1.85. The Labute approximate surface area is 133 Å². The van der Waals surface area contributed by atoms with Crippen LogP contribution in [0.25, 0.3) is 11.2 Å². The quantitative estimate of drug-likeness (QED) is 0.758. The van der Waals surface area contributed by atoms with Crippen LogP contribution in [0.5, 0.6) is 0 Å². The van der Waals surface area contributed by atoms with E-state index in [1.807, 2.05) is 27.7 Å². The maximum absolute atomic E-state index is 12.4. The Morgan fingerprint density at radius 2 is 2.00 bits per heavy atom. The Hall–Kier alpha value is -2.83. The van der Waals surface area contributed by atoms with Gasteiger partial charge in [0.25, 0.3) is 5.91 Å². The van der Waals surface area contributed by atoms with E-state index < -0.39 is 0 Å². The number of aryl methyl sites for hydroxylation is 1. The van der Waals surface area contributed by atoms with Crippen molar-refractivity contribution in [2.75, 3.05) is 5.32 Å². The lowest BCUT2D eigenvalue weighted by molar-refractivity contribution is 0.102. The van der Waals surface area contributed by atoms with E-state index in [2.05, 4.69) is 30.2 Å². The molecule has 0 unspecified atom stereocenters. The molecule has 118 valence electrons. The van der Waals surface area contributed by atoms with E-state index in [1.54, 1.807) is 18.3 Å². The molecule has 3 heterocycles. The van der Waals surface area contributed by atoms with Crippen LogP contribution in [0.4, 0.5) is 5.82 Å². The van der Waals surface area contributed by atoms with Gasteiger partial charge in [0.05, 0.1) is 11.1 Å². The van der Waals surface area contributed by atoms with E-state index in [9.17, 15) is 4.79 Å². The molecule has 0 atom stereocenters. The van der Waals surface area contributed by atoms with Gasteiger partial charge < -0.3 is 10.3 Å². The molecule has 3 aromatic heterocycles. The number of carbonyl (C=O) groups is 1. The number of rotatable bonds is 2. The highest BCUT2D eigenvalue weighted by Crippen LogP contribution is 2.19. The molecule has 3 rings (SSSR count). The van der Waals surface area contributed by atoms with Gasteiger partial charge in [-0.2, -0.15) is 0 Å². The summed E-state index contributed by atoms with van der Waals surface area (Å²) >= 11 is 0. The molecule has 23 heavy (non-hydrogen) atoms. The number of aromatic nitrogens is 5. The number of imidazole rings is 1. The van der Waals surface area contributed by atoms with Crippen LogP contribution in [0.2, 0.25) is 0 Å². The van der Waals surface area contributed by atoms with Crippen molar-refractivity contribution in [3.05, 3.63) is 41.7 Å². The molecule has 0 aliphatic carbocycles. The van der Waals surface area contributed by atoms with Gasteiger partial charge >= 0.3 is 0 Å². The number of carbonyl (C=O) groups excluding carboxylic acids is 1. The summed E-state index contributed by atoms with van der Waals surface area (Å²) < 4.78 is 0. The van der Waals surface area contributed by atoms with Gasteiger partial charge in [-0.15, -0.1) is 0 Å². The van der Waals surface area contributed by atoms with Crippen molar-refractivity contribution in [2.24, 2.45) is 0 Å². The number of anilines is 1. The van der Waals surface area contributed by atoms with E-state index in [-0.39, 0.29) is 11.3 Å². The van der Waals surface area contributed by atoms with Crippen molar-refractivity contribution in [3.8, 4) is 0 Å². The number of pyridine rings is 1. The fourth-order valence-corrected chi connectivity index (χ4v) is 2.12. The van der Waals surface area contributed by atoms with Crippen LogP contribution in [0.3, 0.4) is 0 Å². The molecule has 0 saturated carbocycles. The summed E-state index contributed by atoms with van der Waals surface area (Å²) in [6.45, 7) is 7.90. The number of nitrogens with zero attached hydrogens (tertiary/aromatic N) is 4. The summed E-state index contributed by atoms with van der Waals surface area (Å²) in [4.78, 5) is 32.5. The number of nitrogens with one attached hydrogen (secondary N) is 2. The minimum atomic E-state index is -0.273. The second-order valence-corrected chi connectivity index (χ2v) is 6.39. The molecule has 0 bridgehead atoms. The standard InChI is InChI=1S/C16H18N6O/c1-9-19-11-7-10(8-18-13(11)20-9)14(23)21-12-5-6-17-15(22-12)16(2,3)4/h5-8H,1-4H3,(H,18,19,20)(H,17,21,22,23). The Kier molecular flexibility index (Phi) is 3.55. The van der Waals surface area contributed by atoms with Crippen LogP contribution in [0, 0.1) is 6.92 Å². The summed E-state index contributed by atoms with van der Waals surface area (Å²) in [5.74, 6) is 1.63. The summed E-state index contributed by atoms with van der Waals surface area (Å²) in [5.41, 5.74) is 1.58. The second kappa shape index (κ2) is 5.42. The zero-order valence-corrected chi connectivity index (χ0v) is 13.5. The Morgan fingerprint density at radius 1 is 1.22 bits per heavy atom. The molecule has 3 aromatic rings. The van der Waals surface area contributed by atoms with E-state index in [0.29, 0.717) is 22.9 Å². The minimum Gasteiger partial charge on any atom is -0.341 e. The highest BCUT2D eigenvalue weighted by Gasteiger charge is 2.18. The van der Waals surface area contributed by atoms with E-state index >= 15 is 0 Å². The predicted octanol–water partition coefficient (Wildman–Crippen LogP) is 2.61. The lowest BCUT2D eigenvalue weighted by Gasteiger charge is -2.16. The topological polar surface area (TPSA) is 96.5 Å². The zero-order valence-electron chi connectivity index (χ0n) is 13.5. The fourth-order valence-electron chi connectivity index (χ4n) is 2.12. The van der Waals surface area contributed by atoms with Crippen LogP contribution < -0.4 is 5.32 Å². The number of hydrogen-bond donors (Lipinski definition) is 2. The third-order valence-corrected chi connectivity index (χ3v) is 3.29. The average molecular weight is 310 g/mol. The number of H-pyrrole nitrogens is 1. The molecule has 0 saturated heterocycles. The number of aromatic amines is 1. The summed E-state index contributed by atoms with van der Waals surface area (Å²) in [6.07, 6.45) is 3.15. The van der Waals surface area contributed by atoms with Gasteiger partial charge in [0.2, 0.25) is 0 Å². The van der Waals surface area contributed by atoms with Crippen LogP contribution in [-0.4, -0.2) is 30.8 Å². The smallest absolute Gasteiger partial charge is 0.258 e. The van der Waals surface area contributed by atoms with Crippen molar-refractivity contribution in [3.63, 3.8) is 0 Å². The summed E-state index contributed by atoms with van der Waals surface area (Å²) in [5, 5.41) is 2.78. The van der Waals surface area contributed by atoms with Gasteiger partial charge in [0.15, 0.2) is 5.65 Å². The maximum atomic E-state index is 12.4. The SMILES string of the molecule is Cc1nc2ncc(C(=O)Nc3ccnc(C(C)(C)C)n3)cc2[nH]1. The van der Waals surface area contributed by atoms with Gasteiger partial charge in [-0.1, -0.05) is 20.8 Å². The maximum Gasteiger partial charge on any atom is 0.258 e. The van der Waals surface area contributed by atoms with Gasteiger partial charge in [0, 0.05) is 17.8 Å². The molecule has 0 aliphatic rings. The van der Waals surface area contributed by atoms with Gasteiger partial charge in [0.1, 0.15) is 17.5 Å². The monoisotopic (exact) mass is 310 g/mol. The third kappa shape index (κ3) is 3.18. The van der Waals surface area contributed by atoms with Crippen molar-refractivity contribution in [1.29, 1.82) is 0 Å². The van der Waals surface area contributed by atoms with Gasteiger partial charge in [-0.05, 0) is 19.1 Å². The number of amides is 1. The van der Waals surface area contributed by atoms with Crippen LogP contribution >= 0.6 is 0 Å². The normalized spacial score (nSPS) is 11.7. The van der Waals surface area contributed by atoms with E-state index in [0.717, 1.165) is 11.3 Å². The fraction of sp³-hybridized carbons (Fsp3) is 0.312. The lowest BCUT2D eigenvalue weighted by Crippen LogP contribution is -2.19. The molecule has 1 amide bonds. The first kappa shape index (κ1) is 15.1. The molecule has 0 radical (unpaired) electrons. The average Bonchev–Trinajstić information content (AvgIpc) is 2.85. The molecule has 0 aliphatic heterocycles. The number of fused-ring (bicyclic) bond motifs is 1. The van der Waals surface area contributed by atoms with Crippen molar-refractivity contribution >= 4 is 22.9 Å². The molecule has 0 fully saturated rings. The predicted molar refractivity (Wildman–Crippen MR) is 87.3 cm³/mol. The molecule has 0 spiro atoms. The van der Waals surface area contributed by atoms with Gasteiger partial charge in [-0.3, -0.25) is 4.79 Å².